The van der Waals surface area contributed by atoms with E-state index in [2.05, 4.69) is 30.8 Å². The average Bonchev–Trinajstić information content (AvgIpc) is 2.61. The van der Waals surface area contributed by atoms with Crippen LogP contribution < -0.4 is 5.32 Å². The van der Waals surface area contributed by atoms with E-state index in [-0.39, 0.29) is 0 Å². The Morgan fingerprint density at radius 3 is 2.80 bits per heavy atom. The van der Waals surface area contributed by atoms with Crippen LogP contribution in [0.15, 0.2) is 11.4 Å². The van der Waals surface area contributed by atoms with Crippen LogP contribution in [0.25, 0.3) is 0 Å². The van der Waals surface area contributed by atoms with E-state index in [0.29, 0.717) is 12.1 Å². The number of thioether (sulfide) groups is 1. The third-order valence-corrected chi connectivity index (χ3v) is 4.13. The van der Waals surface area contributed by atoms with Crippen LogP contribution in [0.5, 0.6) is 0 Å². The monoisotopic (exact) mass is 263 g/mol. The van der Waals surface area contributed by atoms with Crippen LogP contribution in [0.1, 0.15) is 31.9 Å². The van der Waals surface area contributed by atoms with Crippen molar-refractivity contribution in [1.29, 1.82) is 0 Å². The van der Waals surface area contributed by atoms with Gasteiger partial charge >= 0.3 is 0 Å². The molecule has 4 heteroatoms. The first-order chi connectivity index (χ1) is 7.13. The Hall–Kier alpha value is 0.300. The predicted molar refractivity (Wildman–Crippen MR) is 73.3 cm³/mol. The molecule has 1 rings (SSSR count). The molecule has 0 saturated heterocycles. The molecule has 2 unspecified atom stereocenters. The first-order valence-electron chi connectivity index (χ1n) is 5.12. The summed E-state index contributed by atoms with van der Waals surface area (Å²) in [6.45, 7) is 4.43. The maximum absolute atomic E-state index is 5.91. The molecule has 1 nitrogen and oxygen atoms in total. The van der Waals surface area contributed by atoms with Crippen LogP contribution in [0.4, 0.5) is 0 Å². The van der Waals surface area contributed by atoms with Crippen LogP contribution in [-0.2, 0) is 0 Å². The van der Waals surface area contributed by atoms with E-state index >= 15 is 0 Å². The van der Waals surface area contributed by atoms with Crippen LogP contribution in [0, 0.1) is 0 Å². The van der Waals surface area contributed by atoms with E-state index in [1.165, 1.54) is 17.7 Å². The fraction of sp³-hybridized carbons (Fsp3) is 0.636. The molecule has 15 heavy (non-hydrogen) atoms. The van der Waals surface area contributed by atoms with Crippen LogP contribution in [-0.4, -0.2) is 18.1 Å². The van der Waals surface area contributed by atoms with Gasteiger partial charge in [-0.25, -0.2) is 0 Å². The second kappa shape index (κ2) is 6.79. The molecule has 0 aliphatic rings. The lowest BCUT2D eigenvalue weighted by molar-refractivity contribution is 0.472. The van der Waals surface area contributed by atoms with Gasteiger partial charge in [-0.3, -0.25) is 0 Å². The lowest BCUT2D eigenvalue weighted by Crippen LogP contribution is -2.29. The average molecular weight is 264 g/mol. The summed E-state index contributed by atoms with van der Waals surface area (Å²) in [5, 5.41) is 5.71. The lowest BCUT2D eigenvalue weighted by Gasteiger charge is -2.18. The fourth-order valence-corrected chi connectivity index (χ4v) is 3.03. The zero-order valence-electron chi connectivity index (χ0n) is 9.42. The molecule has 86 valence electrons. The summed E-state index contributed by atoms with van der Waals surface area (Å²) in [6, 6.07) is 3.00. The van der Waals surface area contributed by atoms with Crippen molar-refractivity contribution in [2.45, 2.75) is 32.4 Å². The molecule has 0 amide bonds. The normalized spacial score (nSPS) is 15.2. The highest BCUT2D eigenvalue weighted by Gasteiger charge is 2.10. The molecule has 0 bridgehead atoms. The Bertz CT molecular complexity index is 288. The Kier molecular flexibility index (Phi) is 6.05. The van der Waals surface area contributed by atoms with Gasteiger partial charge in [-0.2, -0.15) is 11.8 Å². The van der Waals surface area contributed by atoms with Gasteiger partial charge in [0.15, 0.2) is 0 Å². The summed E-state index contributed by atoms with van der Waals surface area (Å²) in [5.41, 5.74) is 1.29. The lowest BCUT2D eigenvalue weighted by atomic mass is 10.1. The Morgan fingerprint density at radius 1 is 1.53 bits per heavy atom. The van der Waals surface area contributed by atoms with Gasteiger partial charge in [-0.05, 0) is 49.3 Å². The molecule has 1 aromatic rings. The first kappa shape index (κ1) is 13.4. The molecule has 0 spiro atoms. The van der Waals surface area contributed by atoms with Crippen molar-refractivity contribution in [3.63, 3.8) is 0 Å². The van der Waals surface area contributed by atoms with E-state index in [1.807, 2.05) is 17.8 Å². The van der Waals surface area contributed by atoms with E-state index in [0.717, 1.165) is 4.34 Å². The van der Waals surface area contributed by atoms with E-state index < -0.39 is 0 Å². The maximum atomic E-state index is 5.91. The standard InChI is InChI=1S/C11H18ClNS2/c1-8(4-5-14-3)13-9(2)10-6-11(12)15-7-10/h6-9,13H,4-5H2,1-3H3. The van der Waals surface area contributed by atoms with Crippen LogP contribution in [0.3, 0.4) is 0 Å². The van der Waals surface area contributed by atoms with Crippen molar-refractivity contribution in [1.82, 2.24) is 5.32 Å². The molecule has 0 fully saturated rings. The van der Waals surface area contributed by atoms with E-state index in [4.69, 9.17) is 11.6 Å². The van der Waals surface area contributed by atoms with Crippen molar-refractivity contribution in [3.8, 4) is 0 Å². The molecular formula is C11H18ClNS2. The van der Waals surface area contributed by atoms with E-state index in [9.17, 15) is 0 Å². The largest absolute Gasteiger partial charge is 0.308 e. The van der Waals surface area contributed by atoms with Crippen LogP contribution >= 0.6 is 34.7 Å². The van der Waals surface area contributed by atoms with Gasteiger partial charge in [-0.15, -0.1) is 11.3 Å². The van der Waals surface area contributed by atoms with Crippen molar-refractivity contribution in [2.75, 3.05) is 12.0 Å². The molecular weight excluding hydrogens is 246 g/mol. The summed E-state index contributed by atoms with van der Waals surface area (Å²) in [7, 11) is 0. The molecule has 2 atom stereocenters. The molecule has 1 aromatic heterocycles. The second-order valence-corrected chi connectivity index (χ2v) is 6.28. The summed E-state index contributed by atoms with van der Waals surface area (Å²) in [5.74, 6) is 1.21. The number of nitrogens with one attached hydrogen (secondary N) is 1. The highest BCUT2D eigenvalue weighted by Crippen LogP contribution is 2.25. The number of hydrogen-bond acceptors (Lipinski definition) is 3. The highest BCUT2D eigenvalue weighted by molar-refractivity contribution is 7.98. The Labute approximate surface area is 106 Å². The number of thiophene rings is 1. The predicted octanol–water partition coefficient (Wildman–Crippen LogP) is 4.19. The molecule has 0 radical (unpaired) electrons. The molecule has 1 heterocycles. The summed E-state index contributed by atoms with van der Waals surface area (Å²) < 4.78 is 0.871. The quantitative estimate of drug-likeness (QED) is 0.826. The smallest absolute Gasteiger partial charge is 0.0931 e. The van der Waals surface area contributed by atoms with Crippen molar-refractivity contribution in [2.24, 2.45) is 0 Å². The molecule has 0 aliphatic heterocycles. The van der Waals surface area contributed by atoms with Crippen molar-refractivity contribution in [3.05, 3.63) is 21.3 Å². The van der Waals surface area contributed by atoms with Crippen LogP contribution in [0.2, 0.25) is 4.34 Å². The molecule has 0 saturated carbocycles. The zero-order valence-corrected chi connectivity index (χ0v) is 11.8. The van der Waals surface area contributed by atoms with Gasteiger partial charge in [0, 0.05) is 12.1 Å². The number of halogens is 1. The topological polar surface area (TPSA) is 12.0 Å². The number of rotatable bonds is 6. The Balaban J connectivity index is 2.38. The summed E-state index contributed by atoms with van der Waals surface area (Å²) in [6.07, 6.45) is 3.36. The van der Waals surface area contributed by atoms with Gasteiger partial charge in [0.1, 0.15) is 0 Å². The van der Waals surface area contributed by atoms with E-state index in [1.54, 1.807) is 11.3 Å². The van der Waals surface area contributed by atoms with Gasteiger partial charge in [0.2, 0.25) is 0 Å². The highest BCUT2D eigenvalue weighted by atomic mass is 35.5. The maximum Gasteiger partial charge on any atom is 0.0931 e. The minimum Gasteiger partial charge on any atom is -0.308 e. The molecule has 0 aromatic carbocycles. The van der Waals surface area contributed by atoms with Gasteiger partial charge in [-0.1, -0.05) is 11.6 Å². The minimum atomic E-state index is 0.394. The van der Waals surface area contributed by atoms with Gasteiger partial charge in [0.25, 0.3) is 0 Å². The van der Waals surface area contributed by atoms with Gasteiger partial charge in [0.05, 0.1) is 4.34 Å². The molecule has 0 aliphatic carbocycles. The molecule has 1 N–H and O–H groups in total. The minimum absolute atomic E-state index is 0.394. The fourth-order valence-electron chi connectivity index (χ4n) is 1.45. The summed E-state index contributed by atoms with van der Waals surface area (Å²) >= 11 is 9.41. The zero-order chi connectivity index (χ0) is 11.3. The van der Waals surface area contributed by atoms with Crippen molar-refractivity contribution >= 4 is 34.7 Å². The second-order valence-electron chi connectivity index (χ2n) is 3.76. The third-order valence-electron chi connectivity index (χ3n) is 2.38. The number of hydrogen-bond donors (Lipinski definition) is 1. The van der Waals surface area contributed by atoms with Gasteiger partial charge < -0.3 is 5.32 Å². The SMILES string of the molecule is CSCCC(C)NC(C)c1csc(Cl)c1. The first-order valence-corrected chi connectivity index (χ1v) is 7.77. The van der Waals surface area contributed by atoms with Crippen molar-refractivity contribution < 1.29 is 0 Å². The Morgan fingerprint density at radius 2 is 2.27 bits per heavy atom. The summed E-state index contributed by atoms with van der Waals surface area (Å²) in [4.78, 5) is 0. The third kappa shape index (κ3) is 4.77.